The molecule has 0 radical (unpaired) electrons. The smallest absolute Gasteiger partial charge is 0.416 e. The van der Waals surface area contributed by atoms with E-state index in [2.05, 4.69) is 10.1 Å². The number of benzene rings is 3. The SMILES string of the molecule is Oc1cccc(C2=NOC(c3cc(C(F)(F)F)cc(C(F)(F)F)c3)N2Cc2cnccc2-c2ccccc2F)c1. The first-order chi connectivity index (χ1) is 18.9. The van der Waals surface area contributed by atoms with E-state index in [1.807, 2.05) is 0 Å². The van der Waals surface area contributed by atoms with Crippen LogP contribution >= 0.6 is 0 Å². The van der Waals surface area contributed by atoms with E-state index in [9.17, 15) is 35.8 Å². The van der Waals surface area contributed by atoms with Gasteiger partial charge in [0.2, 0.25) is 6.23 Å². The summed E-state index contributed by atoms with van der Waals surface area (Å²) < 4.78 is 96.3. The van der Waals surface area contributed by atoms with Crippen molar-refractivity contribution in [3.05, 3.63) is 119 Å². The summed E-state index contributed by atoms with van der Waals surface area (Å²) in [4.78, 5) is 10.8. The molecule has 1 N–H and O–H groups in total. The monoisotopic (exact) mass is 561 g/mol. The number of hydrogen-bond acceptors (Lipinski definition) is 5. The van der Waals surface area contributed by atoms with Gasteiger partial charge in [-0.05, 0) is 53.6 Å². The van der Waals surface area contributed by atoms with Crippen LogP contribution in [0.25, 0.3) is 11.1 Å². The van der Waals surface area contributed by atoms with Crippen molar-refractivity contribution in [3.63, 3.8) is 0 Å². The Kier molecular flexibility index (Phi) is 6.86. The van der Waals surface area contributed by atoms with E-state index < -0.39 is 41.1 Å². The minimum absolute atomic E-state index is 0.0233. The Morgan fingerprint density at radius 1 is 0.825 bits per heavy atom. The number of pyridine rings is 1. The predicted molar refractivity (Wildman–Crippen MR) is 130 cm³/mol. The van der Waals surface area contributed by atoms with Gasteiger partial charge in [-0.1, -0.05) is 35.5 Å². The normalized spacial score (nSPS) is 15.6. The number of nitrogens with zero attached hydrogens (tertiary/aromatic N) is 3. The number of phenols is 1. The van der Waals surface area contributed by atoms with Gasteiger partial charge in [0.05, 0.1) is 17.7 Å². The summed E-state index contributed by atoms with van der Waals surface area (Å²) in [5.74, 6) is -0.676. The van der Waals surface area contributed by atoms with E-state index in [0.717, 1.165) is 0 Å². The van der Waals surface area contributed by atoms with Crippen LogP contribution in [0.3, 0.4) is 0 Å². The van der Waals surface area contributed by atoms with Crippen molar-refractivity contribution in [1.29, 1.82) is 0 Å². The summed E-state index contributed by atoms with van der Waals surface area (Å²) in [6, 6.07) is 14.3. The van der Waals surface area contributed by atoms with Gasteiger partial charge < -0.3 is 14.8 Å². The third kappa shape index (κ3) is 5.42. The maximum atomic E-state index is 14.7. The molecule has 5 rings (SSSR count). The summed E-state index contributed by atoms with van der Waals surface area (Å²) in [7, 11) is 0. The fraction of sp³-hybridized carbons (Fsp3) is 0.143. The maximum absolute atomic E-state index is 14.7. The number of oxime groups is 1. The number of aromatic nitrogens is 1. The molecule has 0 spiro atoms. The number of alkyl halides is 6. The van der Waals surface area contributed by atoms with Crippen LogP contribution in [0.1, 0.15) is 34.0 Å². The number of amidine groups is 1. The second-order valence-electron chi connectivity index (χ2n) is 8.90. The molecule has 1 aliphatic heterocycles. The first kappa shape index (κ1) is 27.0. The molecule has 4 aromatic rings. The lowest BCUT2D eigenvalue weighted by Crippen LogP contribution is -2.31. The van der Waals surface area contributed by atoms with Gasteiger partial charge in [0.25, 0.3) is 0 Å². The molecule has 0 saturated carbocycles. The van der Waals surface area contributed by atoms with E-state index >= 15 is 0 Å². The second-order valence-corrected chi connectivity index (χ2v) is 8.90. The molecule has 0 fully saturated rings. The van der Waals surface area contributed by atoms with Crippen LogP contribution in [0.2, 0.25) is 0 Å². The summed E-state index contributed by atoms with van der Waals surface area (Å²) in [5, 5.41) is 14.0. The van der Waals surface area contributed by atoms with Gasteiger partial charge >= 0.3 is 12.4 Å². The van der Waals surface area contributed by atoms with Crippen molar-refractivity contribution >= 4 is 5.84 Å². The first-order valence-electron chi connectivity index (χ1n) is 11.7. The van der Waals surface area contributed by atoms with Crippen LogP contribution in [0.4, 0.5) is 30.7 Å². The lowest BCUT2D eigenvalue weighted by molar-refractivity contribution is -0.143. The zero-order chi connectivity index (χ0) is 28.7. The minimum Gasteiger partial charge on any atom is -0.508 e. The van der Waals surface area contributed by atoms with Crippen molar-refractivity contribution in [2.45, 2.75) is 25.1 Å². The third-order valence-corrected chi connectivity index (χ3v) is 6.20. The van der Waals surface area contributed by atoms with Crippen molar-refractivity contribution in [2.75, 3.05) is 0 Å². The number of rotatable bonds is 5. The molecule has 1 atom stereocenters. The molecule has 206 valence electrons. The average molecular weight is 561 g/mol. The summed E-state index contributed by atoms with van der Waals surface area (Å²) in [6.45, 7) is -0.200. The minimum atomic E-state index is -5.07. The molecule has 1 aliphatic rings. The van der Waals surface area contributed by atoms with Crippen LogP contribution in [-0.2, 0) is 23.7 Å². The number of halogens is 7. The summed E-state index contributed by atoms with van der Waals surface area (Å²) in [5.41, 5.74) is -2.21. The Bertz CT molecular complexity index is 1550. The van der Waals surface area contributed by atoms with Crippen LogP contribution in [-0.4, -0.2) is 20.8 Å². The van der Waals surface area contributed by atoms with Gasteiger partial charge in [-0.3, -0.25) is 4.98 Å². The zero-order valence-electron chi connectivity index (χ0n) is 20.2. The highest BCUT2D eigenvalue weighted by Gasteiger charge is 2.40. The maximum Gasteiger partial charge on any atom is 0.416 e. The van der Waals surface area contributed by atoms with E-state index in [1.165, 1.54) is 65.8 Å². The van der Waals surface area contributed by atoms with Gasteiger partial charge in [-0.15, -0.1) is 0 Å². The zero-order valence-corrected chi connectivity index (χ0v) is 20.2. The third-order valence-electron chi connectivity index (χ3n) is 6.20. The molecule has 3 aromatic carbocycles. The number of phenolic OH excluding ortho intramolecular Hbond substituents is 1. The van der Waals surface area contributed by atoms with Crippen molar-refractivity contribution in [3.8, 4) is 16.9 Å². The number of aromatic hydroxyl groups is 1. The highest BCUT2D eigenvalue weighted by molar-refractivity contribution is 5.99. The van der Waals surface area contributed by atoms with Crippen molar-refractivity contribution in [2.24, 2.45) is 5.16 Å². The van der Waals surface area contributed by atoms with Gasteiger partial charge in [0.1, 0.15) is 11.6 Å². The highest BCUT2D eigenvalue weighted by atomic mass is 19.4. The fourth-order valence-electron chi connectivity index (χ4n) is 4.38. The highest BCUT2D eigenvalue weighted by Crippen LogP contribution is 2.41. The van der Waals surface area contributed by atoms with Crippen LogP contribution in [0, 0.1) is 5.82 Å². The fourth-order valence-corrected chi connectivity index (χ4v) is 4.38. The molecule has 2 heterocycles. The second kappa shape index (κ2) is 10.2. The van der Waals surface area contributed by atoms with E-state index in [4.69, 9.17) is 4.84 Å². The molecule has 5 nitrogen and oxygen atoms in total. The molecule has 0 saturated heterocycles. The molecule has 0 amide bonds. The molecule has 12 heteroatoms. The van der Waals surface area contributed by atoms with Gasteiger partial charge in [-0.25, -0.2) is 4.39 Å². The lowest BCUT2D eigenvalue weighted by Gasteiger charge is -2.27. The van der Waals surface area contributed by atoms with Gasteiger partial charge in [0, 0.05) is 29.1 Å². The van der Waals surface area contributed by atoms with Gasteiger partial charge in [-0.2, -0.15) is 26.3 Å². The standard InChI is InChI=1S/C28H18F7N3O2/c29-24-7-2-1-6-23(24)22-8-9-36-14-18(22)15-38-25(16-4-3-5-21(39)12-16)37-40-26(38)17-10-19(27(30,31)32)13-20(11-17)28(33,34)35/h1-14,26,39H,15H2. The molecular formula is C28H18F7N3O2. The molecule has 1 aromatic heterocycles. The van der Waals surface area contributed by atoms with E-state index in [-0.39, 0.29) is 35.3 Å². The summed E-state index contributed by atoms with van der Waals surface area (Å²) in [6.07, 6.45) is -8.85. The first-order valence-corrected chi connectivity index (χ1v) is 11.7. The Hall–Kier alpha value is -4.61. The molecule has 0 bridgehead atoms. The molecule has 40 heavy (non-hydrogen) atoms. The average Bonchev–Trinajstić information content (AvgIpc) is 3.32. The Morgan fingerprint density at radius 3 is 2.17 bits per heavy atom. The predicted octanol–water partition coefficient (Wildman–Crippen LogP) is 7.52. The Labute approximate surface area is 222 Å². The molecule has 1 unspecified atom stereocenters. The van der Waals surface area contributed by atoms with Gasteiger partial charge in [0.15, 0.2) is 5.84 Å². The van der Waals surface area contributed by atoms with Crippen molar-refractivity contribution in [1.82, 2.24) is 9.88 Å². The van der Waals surface area contributed by atoms with Crippen LogP contribution in [0.5, 0.6) is 5.75 Å². The van der Waals surface area contributed by atoms with E-state index in [0.29, 0.717) is 23.3 Å². The Balaban J connectivity index is 1.64. The lowest BCUT2D eigenvalue weighted by atomic mass is 9.99. The van der Waals surface area contributed by atoms with Crippen molar-refractivity contribution < 1.29 is 40.7 Å². The molecule has 0 aliphatic carbocycles. The quantitative estimate of drug-likeness (QED) is 0.256. The summed E-state index contributed by atoms with van der Waals surface area (Å²) >= 11 is 0. The van der Waals surface area contributed by atoms with Crippen LogP contribution in [0.15, 0.2) is 90.3 Å². The molecular weight excluding hydrogens is 543 g/mol. The Morgan fingerprint density at radius 2 is 1.52 bits per heavy atom. The number of hydrogen-bond donors (Lipinski definition) is 1. The largest absolute Gasteiger partial charge is 0.508 e. The topological polar surface area (TPSA) is 58.0 Å². The van der Waals surface area contributed by atoms with E-state index in [1.54, 1.807) is 6.07 Å². The van der Waals surface area contributed by atoms with Crippen LogP contribution < -0.4 is 0 Å².